The number of hydrogen-bond donors (Lipinski definition) is 0. The molecule has 0 bridgehead atoms. The van der Waals surface area contributed by atoms with Crippen molar-refractivity contribution in [2.75, 3.05) is 0 Å². The molecule has 0 saturated carbocycles. The van der Waals surface area contributed by atoms with Crippen LogP contribution in [0, 0.1) is 5.92 Å². The third-order valence-electron chi connectivity index (χ3n) is 1.40. The predicted molar refractivity (Wildman–Crippen MR) is 60.1 cm³/mol. The van der Waals surface area contributed by atoms with Crippen molar-refractivity contribution >= 4 is 10.9 Å². The zero-order valence-electron chi connectivity index (χ0n) is 8.94. The monoisotopic (exact) mass is 188 g/mol. The molecule has 2 heteroatoms. The van der Waals surface area contributed by atoms with E-state index in [4.69, 9.17) is 0 Å². The minimum atomic E-state index is 0.833. The molecule has 0 saturated heterocycles. The molecule has 74 valence electrons. The van der Waals surface area contributed by atoms with E-state index in [1.807, 2.05) is 24.4 Å². The van der Waals surface area contributed by atoms with E-state index in [9.17, 15) is 0 Å². The average Bonchev–Trinajstić information content (AvgIpc) is 2.17. The minimum Gasteiger partial charge on any atom is -0.264 e. The molecule has 0 unspecified atom stereocenters. The zero-order chi connectivity index (χ0) is 10.4. The van der Waals surface area contributed by atoms with Gasteiger partial charge in [0.15, 0.2) is 0 Å². The van der Waals surface area contributed by atoms with E-state index in [1.54, 1.807) is 12.4 Å². The van der Waals surface area contributed by atoms with E-state index in [1.165, 1.54) is 0 Å². The summed E-state index contributed by atoms with van der Waals surface area (Å²) >= 11 is 0. The summed E-state index contributed by atoms with van der Waals surface area (Å²) in [7, 11) is 0. The molecule has 0 amide bonds. The van der Waals surface area contributed by atoms with Gasteiger partial charge in [-0.3, -0.25) is 9.97 Å². The van der Waals surface area contributed by atoms with Gasteiger partial charge in [-0.1, -0.05) is 20.8 Å². The van der Waals surface area contributed by atoms with Crippen molar-refractivity contribution in [3.8, 4) is 0 Å². The Labute approximate surface area is 85.0 Å². The molecule has 0 spiro atoms. The van der Waals surface area contributed by atoms with E-state index in [0.717, 1.165) is 16.8 Å². The molecule has 0 aliphatic heterocycles. The highest BCUT2D eigenvalue weighted by molar-refractivity contribution is 5.76. The van der Waals surface area contributed by atoms with Crippen LogP contribution in [0.15, 0.2) is 36.8 Å². The van der Waals surface area contributed by atoms with Crippen LogP contribution in [0.1, 0.15) is 20.8 Å². The first-order valence-electron chi connectivity index (χ1n) is 4.85. The van der Waals surface area contributed by atoms with Crippen LogP contribution >= 0.6 is 0 Å². The van der Waals surface area contributed by atoms with Gasteiger partial charge in [0.2, 0.25) is 0 Å². The molecule has 0 N–H and O–H groups in total. The van der Waals surface area contributed by atoms with Crippen LogP contribution in [0.4, 0.5) is 0 Å². The SMILES string of the molecule is CC(C)C.c1cnc2ccncc2c1. The molecular weight excluding hydrogens is 172 g/mol. The van der Waals surface area contributed by atoms with E-state index >= 15 is 0 Å². The molecule has 2 aromatic rings. The Bertz CT molecular complexity index is 314. The first-order valence-corrected chi connectivity index (χ1v) is 4.85. The Morgan fingerprint density at radius 2 is 1.79 bits per heavy atom. The Kier molecular flexibility index (Phi) is 4.05. The highest BCUT2D eigenvalue weighted by atomic mass is 14.7. The Morgan fingerprint density at radius 1 is 1.07 bits per heavy atom. The molecule has 2 heterocycles. The highest BCUT2D eigenvalue weighted by Crippen LogP contribution is 2.05. The van der Waals surface area contributed by atoms with Gasteiger partial charge in [-0.2, -0.15) is 0 Å². The molecule has 2 nitrogen and oxygen atoms in total. The van der Waals surface area contributed by atoms with E-state index in [0.29, 0.717) is 0 Å². The van der Waals surface area contributed by atoms with Crippen molar-refractivity contribution in [2.45, 2.75) is 20.8 Å². The van der Waals surface area contributed by atoms with E-state index in [2.05, 4.69) is 30.7 Å². The highest BCUT2D eigenvalue weighted by Gasteiger charge is 1.87. The molecule has 0 fully saturated rings. The first-order chi connectivity index (χ1) is 6.70. The predicted octanol–water partition coefficient (Wildman–Crippen LogP) is 3.29. The van der Waals surface area contributed by atoms with Crippen LogP contribution in [0.5, 0.6) is 0 Å². The van der Waals surface area contributed by atoms with Crippen LogP contribution in [0.2, 0.25) is 0 Å². The molecular formula is C12H16N2. The lowest BCUT2D eigenvalue weighted by molar-refractivity contribution is 0.737. The summed E-state index contributed by atoms with van der Waals surface area (Å²) in [4.78, 5) is 8.11. The third kappa shape index (κ3) is 3.52. The summed E-state index contributed by atoms with van der Waals surface area (Å²) in [6, 6.07) is 5.80. The third-order valence-corrected chi connectivity index (χ3v) is 1.40. The number of hydrogen-bond acceptors (Lipinski definition) is 2. The number of pyridine rings is 2. The van der Waals surface area contributed by atoms with Gasteiger partial charge < -0.3 is 0 Å². The van der Waals surface area contributed by atoms with Crippen molar-refractivity contribution in [1.82, 2.24) is 9.97 Å². The van der Waals surface area contributed by atoms with Gasteiger partial charge in [0.1, 0.15) is 0 Å². The van der Waals surface area contributed by atoms with Gasteiger partial charge in [-0.05, 0) is 24.1 Å². The first kappa shape index (κ1) is 10.6. The second kappa shape index (κ2) is 5.32. The summed E-state index contributed by atoms with van der Waals surface area (Å²) in [6.45, 7) is 6.50. The van der Waals surface area contributed by atoms with Crippen LogP contribution in [-0.2, 0) is 0 Å². The average molecular weight is 188 g/mol. The van der Waals surface area contributed by atoms with Gasteiger partial charge in [-0.15, -0.1) is 0 Å². The van der Waals surface area contributed by atoms with Crippen molar-refractivity contribution in [3.63, 3.8) is 0 Å². The minimum absolute atomic E-state index is 0.833. The van der Waals surface area contributed by atoms with Crippen LogP contribution in [0.25, 0.3) is 10.9 Å². The van der Waals surface area contributed by atoms with Gasteiger partial charge >= 0.3 is 0 Å². The lowest BCUT2D eigenvalue weighted by atomic mass is 10.3. The number of nitrogens with zero attached hydrogens (tertiary/aromatic N) is 2. The normalized spacial score (nSPS) is 9.71. The molecule has 0 aliphatic rings. The molecule has 2 aromatic heterocycles. The van der Waals surface area contributed by atoms with Crippen molar-refractivity contribution < 1.29 is 0 Å². The van der Waals surface area contributed by atoms with Gasteiger partial charge in [0.25, 0.3) is 0 Å². The van der Waals surface area contributed by atoms with Gasteiger partial charge in [-0.25, -0.2) is 0 Å². The van der Waals surface area contributed by atoms with Crippen LogP contribution in [-0.4, -0.2) is 9.97 Å². The molecule has 14 heavy (non-hydrogen) atoms. The maximum Gasteiger partial charge on any atom is 0.0732 e. The summed E-state index contributed by atoms with van der Waals surface area (Å²) in [6.07, 6.45) is 5.33. The van der Waals surface area contributed by atoms with Crippen LogP contribution in [0.3, 0.4) is 0 Å². The second-order valence-electron chi connectivity index (χ2n) is 3.80. The van der Waals surface area contributed by atoms with E-state index < -0.39 is 0 Å². The molecule has 0 aliphatic carbocycles. The topological polar surface area (TPSA) is 25.8 Å². The lowest BCUT2D eigenvalue weighted by Gasteiger charge is -1.90. The van der Waals surface area contributed by atoms with Crippen molar-refractivity contribution in [1.29, 1.82) is 0 Å². The maximum absolute atomic E-state index is 4.14. The quantitative estimate of drug-likeness (QED) is 0.634. The summed E-state index contributed by atoms with van der Waals surface area (Å²) in [5.74, 6) is 0.833. The molecule has 0 aromatic carbocycles. The standard InChI is InChI=1S/C8H6N2.C4H10/c1-2-7-6-9-5-3-8(7)10-4-1;1-4(2)3/h1-6H;4H,1-3H3. The molecule has 0 atom stereocenters. The fraction of sp³-hybridized carbons (Fsp3) is 0.333. The molecule has 2 rings (SSSR count). The second-order valence-corrected chi connectivity index (χ2v) is 3.80. The van der Waals surface area contributed by atoms with Crippen LogP contribution < -0.4 is 0 Å². The smallest absolute Gasteiger partial charge is 0.0732 e. The molecule has 0 radical (unpaired) electrons. The Balaban J connectivity index is 0.000000213. The number of aromatic nitrogens is 2. The maximum atomic E-state index is 4.14. The van der Waals surface area contributed by atoms with Crippen molar-refractivity contribution in [2.24, 2.45) is 5.92 Å². The summed E-state index contributed by atoms with van der Waals surface area (Å²) < 4.78 is 0. The van der Waals surface area contributed by atoms with E-state index in [-0.39, 0.29) is 0 Å². The number of rotatable bonds is 0. The fourth-order valence-electron chi connectivity index (χ4n) is 0.915. The number of fused-ring (bicyclic) bond motifs is 1. The van der Waals surface area contributed by atoms with Gasteiger partial charge in [0, 0.05) is 24.0 Å². The summed E-state index contributed by atoms with van der Waals surface area (Å²) in [5, 5.41) is 1.09. The summed E-state index contributed by atoms with van der Waals surface area (Å²) in [5.41, 5.74) is 0.998. The zero-order valence-corrected chi connectivity index (χ0v) is 8.94. The Morgan fingerprint density at radius 3 is 2.43 bits per heavy atom. The van der Waals surface area contributed by atoms with Crippen molar-refractivity contribution in [3.05, 3.63) is 36.8 Å². The van der Waals surface area contributed by atoms with Gasteiger partial charge in [0.05, 0.1) is 5.52 Å². The fourth-order valence-corrected chi connectivity index (χ4v) is 0.915. The Hall–Kier alpha value is -1.44. The largest absolute Gasteiger partial charge is 0.264 e. The lowest BCUT2D eigenvalue weighted by Crippen LogP contribution is -1.76.